The quantitative estimate of drug-likeness (QED) is 0.0662. The summed E-state index contributed by atoms with van der Waals surface area (Å²) < 4.78 is 69.7. The van der Waals surface area contributed by atoms with Crippen LogP contribution in [0, 0.1) is 0 Å². The minimum absolute atomic E-state index is 0.219. The zero-order valence-electron chi connectivity index (χ0n) is 43.4. The lowest BCUT2D eigenvalue weighted by Crippen LogP contribution is -2.57. The van der Waals surface area contributed by atoms with Crippen LogP contribution >= 0.6 is 0 Å². The molecule has 4 unspecified atom stereocenters. The molecular weight excluding hydrogens is 949 g/mol. The lowest BCUT2D eigenvalue weighted by Gasteiger charge is -2.48. The number of benzene rings is 5. The third-order valence-corrected chi connectivity index (χ3v) is 25.4. The maximum Gasteiger partial charge on any atom is 0.132 e. The lowest BCUT2D eigenvalue weighted by atomic mass is 9.77. The van der Waals surface area contributed by atoms with E-state index in [0.29, 0.717) is 58.9 Å². The van der Waals surface area contributed by atoms with Gasteiger partial charge in [0.05, 0.1) is 70.7 Å². The maximum atomic E-state index is 7.71. The Bertz CT molecular complexity index is 2890. The highest BCUT2D eigenvalue weighted by Crippen LogP contribution is 2.73. The van der Waals surface area contributed by atoms with Crippen molar-refractivity contribution in [3.05, 3.63) is 178 Å². The smallest absolute Gasteiger partial charge is 0.132 e. The zero-order chi connectivity index (χ0) is 50.2. The molecule has 1 fully saturated rings. The van der Waals surface area contributed by atoms with Gasteiger partial charge in [0.2, 0.25) is 0 Å². The van der Waals surface area contributed by atoms with E-state index in [9.17, 15) is 0 Å². The minimum Gasteiger partial charge on any atom is -0.497 e. The Morgan fingerprint density at radius 2 is 1.18 bits per heavy atom. The van der Waals surface area contributed by atoms with Crippen molar-refractivity contribution in [1.29, 1.82) is 0 Å². The van der Waals surface area contributed by atoms with E-state index < -0.39 is 32.2 Å². The number of rotatable bonds is 17. The summed E-state index contributed by atoms with van der Waals surface area (Å²) in [7, 11) is -3.04. The predicted molar refractivity (Wildman–Crippen MR) is 286 cm³/mol. The maximum absolute atomic E-state index is 7.71. The second-order valence-corrected chi connectivity index (χ2v) is 32.7. The first-order valence-corrected chi connectivity index (χ1v) is 32.9. The Balaban J connectivity index is 0.903. The minimum atomic E-state index is -2.38. The van der Waals surface area contributed by atoms with Crippen LogP contribution in [-0.4, -0.2) is 73.1 Å². The molecule has 1 saturated heterocycles. The van der Waals surface area contributed by atoms with Crippen molar-refractivity contribution in [3.8, 4) is 23.0 Å². The Morgan fingerprint density at radius 1 is 0.644 bits per heavy atom. The zero-order valence-corrected chi connectivity index (χ0v) is 45.4. The van der Waals surface area contributed by atoms with Gasteiger partial charge in [-0.25, -0.2) is 0 Å². The third kappa shape index (κ3) is 8.26. The summed E-state index contributed by atoms with van der Waals surface area (Å²) in [6.45, 7) is 17.5. The summed E-state index contributed by atoms with van der Waals surface area (Å²) in [5.41, 5.74) is 9.90. The van der Waals surface area contributed by atoms with E-state index in [1.807, 2.05) is 42.5 Å². The van der Waals surface area contributed by atoms with Gasteiger partial charge in [-0.2, -0.15) is 0 Å². The summed E-state index contributed by atoms with van der Waals surface area (Å²) in [6.07, 6.45) is 5.21. The summed E-state index contributed by atoms with van der Waals surface area (Å²) in [4.78, 5) is 0. The van der Waals surface area contributed by atoms with Gasteiger partial charge in [0, 0.05) is 41.5 Å². The van der Waals surface area contributed by atoms with Crippen LogP contribution in [0.1, 0.15) is 84.3 Å². The monoisotopic (exact) mass is 1020 g/mol. The van der Waals surface area contributed by atoms with E-state index >= 15 is 0 Å². The van der Waals surface area contributed by atoms with Gasteiger partial charge in [-0.15, -0.1) is 0 Å². The van der Waals surface area contributed by atoms with Crippen LogP contribution in [0.4, 0.5) is 0 Å². The first-order valence-electron chi connectivity index (χ1n) is 26.5. The topological polar surface area (TPSA) is 92.3 Å². The van der Waals surface area contributed by atoms with Crippen LogP contribution in [0.25, 0.3) is 0 Å². The molecule has 5 aromatic rings. The van der Waals surface area contributed by atoms with Crippen molar-refractivity contribution in [2.24, 2.45) is 0 Å². The normalized spacial score (nSPS) is 29.4. The van der Waals surface area contributed by atoms with Gasteiger partial charge in [-0.05, 0) is 90.2 Å². The summed E-state index contributed by atoms with van der Waals surface area (Å²) in [5.74, 6) is 3.49. The number of hydrogen-bond acceptors (Lipinski definition) is 10. The number of hydrogen-bond donors (Lipinski definition) is 0. The average molecular weight is 1020 g/mol. The molecule has 7 aliphatic heterocycles. The van der Waals surface area contributed by atoms with E-state index in [0.717, 1.165) is 68.5 Å². The molecule has 0 amide bonds. The molecule has 0 aliphatic carbocycles. The molecular formula is C61H70O10Si2. The second-order valence-electron chi connectivity index (χ2n) is 22.8. The Kier molecular flexibility index (Phi) is 12.7. The fourth-order valence-electron chi connectivity index (χ4n) is 13.4. The van der Waals surface area contributed by atoms with E-state index in [-0.39, 0.29) is 36.6 Å². The largest absolute Gasteiger partial charge is 0.497 e. The molecule has 5 aromatic carbocycles. The standard InChI is InChI=1S/C61H70O10Si2/c1-40-56(67-38-42-19-13-9-14-20-42)51(66-37-41-17-11-8-12-18-41)35-48(69-40)47-34-50-53-55-58(65-30-32-73(6,7)61(47,55)71-50)52-49-33-44(60(70-49)54(52)57(53)64-29-31-72(60,4)5)36-59(2,68-39-43-21-15-10-16-22-43)27-28-63-46-25-23-45(62-3)24-26-46/h8-26,33-34,40,48-51,56H,27-32,35-39H2,1-7H3/t40-,48-,49?,50?,51-,56-,59+,60?,61?/m1/s1. The molecule has 0 radical (unpaired) electrons. The van der Waals surface area contributed by atoms with E-state index in [1.54, 1.807) is 7.11 Å². The predicted octanol–water partition coefficient (Wildman–Crippen LogP) is 12.6. The van der Waals surface area contributed by atoms with Crippen LogP contribution in [-0.2, 0) is 58.7 Å². The molecule has 4 bridgehead atoms. The van der Waals surface area contributed by atoms with Gasteiger partial charge >= 0.3 is 0 Å². The first kappa shape index (κ1) is 48.9. The SMILES string of the molecule is COc1ccc(OCC[C@@](C)(CC2=CC3OC24c2c(c5c6c(c23)OCC[Si](C)(C)C62OC5C=C2[C@H]2C[C@@H](OCc3ccccc3)[C@H](OCc3ccccc3)[C@@H](C)O2)OCC[Si]4(C)C)OCc2ccccc2)cc1. The van der Waals surface area contributed by atoms with Crippen LogP contribution in [0.2, 0.25) is 38.3 Å². The highest BCUT2D eigenvalue weighted by Gasteiger charge is 2.71. The lowest BCUT2D eigenvalue weighted by molar-refractivity contribution is -0.197. The molecule has 2 spiro atoms. The molecule has 12 heteroatoms. The molecule has 382 valence electrons. The van der Waals surface area contributed by atoms with Crippen LogP contribution in [0.5, 0.6) is 23.0 Å². The Labute approximate surface area is 432 Å². The van der Waals surface area contributed by atoms with Crippen molar-refractivity contribution in [2.45, 2.75) is 144 Å². The van der Waals surface area contributed by atoms with E-state index in [1.165, 1.54) is 16.7 Å². The van der Waals surface area contributed by atoms with Crippen LogP contribution in [0.3, 0.4) is 0 Å². The molecule has 12 rings (SSSR count). The van der Waals surface area contributed by atoms with E-state index in [4.69, 9.17) is 47.4 Å². The average Bonchev–Trinajstić information content (AvgIpc) is 4.15. The van der Waals surface area contributed by atoms with Crippen molar-refractivity contribution in [2.75, 3.05) is 26.9 Å². The molecule has 7 heterocycles. The molecule has 0 N–H and O–H groups in total. The van der Waals surface area contributed by atoms with Gasteiger partial charge in [-0.1, -0.05) is 117 Å². The van der Waals surface area contributed by atoms with Gasteiger partial charge in [0.25, 0.3) is 0 Å². The van der Waals surface area contributed by atoms with Crippen molar-refractivity contribution in [1.82, 2.24) is 0 Å². The summed E-state index contributed by atoms with van der Waals surface area (Å²) in [5, 5.41) is -1.35. The molecule has 73 heavy (non-hydrogen) atoms. The van der Waals surface area contributed by atoms with Gasteiger partial charge in [0.15, 0.2) is 0 Å². The molecule has 10 nitrogen and oxygen atoms in total. The van der Waals surface area contributed by atoms with Gasteiger partial charge in [-0.3, -0.25) is 0 Å². The summed E-state index contributed by atoms with van der Waals surface area (Å²) in [6, 6.07) is 40.9. The highest BCUT2D eigenvalue weighted by atomic mass is 28.3. The second kappa shape index (κ2) is 19.0. The third-order valence-electron chi connectivity index (χ3n) is 17.3. The van der Waals surface area contributed by atoms with Crippen LogP contribution < -0.4 is 18.9 Å². The van der Waals surface area contributed by atoms with Crippen molar-refractivity contribution >= 4 is 16.1 Å². The van der Waals surface area contributed by atoms with Gasteiger partial charge in [0.1, 0.15) is 67.9 Å². The molecule has 0 aromatic heterocycles. The Hall–Kier alpha value is -5.03. The molecule has 0 saturated carbocycles. The number of ether oxygens (including phenoxy) is 10. The number of methoxy groups -OCH3 is 1. The first-order chi connectivity index (χ1) is 35.3. The van der Waals surface area contributed by atoms with Crippen molar-refractivity contribution < 1.29 is 47.4 Å². The van der Waals surface area contributed by atoms with E-state index in [2.05, 4.69) is 125 Å². The van der Waals surface area contributed by atoms with Gasteiger partial charge < -0.3 is 47.4 Å². The fraction of sp³-hybridized carbons (Fsp3) is 0.443. The fourth-order valence-corrected chi connectivity index (χ4v) is 20.1. The van der Waals surface area contributed by atoms with Crippen molar-refractivity contribution in [3.63, 3.8) is 0 Å². The number of fused-ring (bicyclic) bond motifs is 6. The highest BCUT2D eigenvalue weighted by molar-refractivity contribution is 6.81. The summed E-state index contributed by atoms with van der Waals surface area (Å²) >= 11 is 0. The molecule has 9 atom stereocenters. The molecule has 7 aliphatic rings. The Morgan fingerprint density at radius 3 is 1.79 bits per heavy atom. The van der Waals surface area contributed by atoms with Crippen LogP contribution in [0.15, 0.2) is 139 Å².